The number of carbonyl (C=O) groups is 1. The van der Waals surface area contributed by atoms with Gasteiger partial charge in [0.15, 0.2) is 5.84 Å². The number of hydrogen-bond donors (Lipinski definition) is 3. The molecule has 1 aromatic rings. The van der Waals surface area contributed by atoms with E-state index in [0.29, 0.717) is 17.7 Å². The first-order valence-corrected chi connectivity index (χ1v) is 6.25. The van der Waals surface area contributed by atoms with Gasteiger partial charge in [0.25, 0.3) is 5.91 Å². The molecule has 6 nitrogen and oxygen atoms in total. The molecule has 92 valence electrons. The van der Waals surface area contributed by atoms with Crippen LogP contribution in [-0.4, -0.2) is 27.5 Å². The first kappa shape index (κ1) is 11.8. The maximum atomic E-state index is 12.0. The van der Waals surface area contributed by atoms with Crippen molar-refractivity contribution in [1.29, 1.82) is 0 Å². The van der Waals surface area contributed by atoms with Gasteiger partial charge in [-0.2, -0.15) is 0 Å². The highest BCUT2D eigenvalue weighted by atomic mass is 32.1. The highest BCUT2D eigenvalue weighted by Gasteiger charge is 2.40. The lowest BCUT2D eigenvalue weighted by Gasteiger charge is -2.28. The third kappa shape index (κ3) is 2.23. The van der Waals surface area contributed by atoms with E-state index in [2.05, 4.69) is 15.5 Å². The standard InChI is InChI=1S/C10H14N4O2S/c11-9(14-16)10(3-1-2-4-10)13-8(15)7-5-12-6-17-7/h5-6,16H,1-4H2,(H2,11,14)(H,13,15). The van der Waals surface area contributed by atoms with Crippen LogP contribution in [0.1, 0.15) is 35.4 Å². The number of amides is 1. The smallest absolute Gasteiger partial charge is 0.263 e. The molecule has 1 aliphatic carbocycles. The molecule has 2 rings (SSSR count). The van der Waals surface area contributed by atoms with E-state index in [-0.39, 0.29) is 11.7 Å². The highest BCUT2D eigenvalue weighted by molar-refractivity contribution is 7.11. The first-order valence-electron chi connectivity index (χ1n) is 5.37. The number of nitrogens with one attached hydrogen (secondary N) is 1. The fourth-order valence-electron chi connectivity index (χ4n) is 2.13. The molecule has 1 fully saturated rings. The van der Waals surface area contributed by atoms with E-state index in [1.165, 1.54) is 17.5 Å². The number of oxime groups is 1. The van der Waals surface area contributed by atoms with E-state index < -0.39 is 5.54 Å². The van der Waals surface area contributed by atoms with Gasteiger partial charge >= 0.3 is 0 Å². The van der Waals surface area contributed by atoms with Gasteiger partial charge in [0.05, 0.1) is 11.7 Å². The number of thiazole rings is 1. The molecule has 0 aliphatic heterocycles. The predicted molar refractivity (Wildman–Crippen MR) is 64.2 cm³/mol. The lowest BCUT2D eigenvalue weighted by molar-refractivity contribution is 0.0926. The number of nitrogens with zero attached hydrogens (tertiary/aromatic N) is 2. The fourth-order valence-corrected chi connectivity index (χ4v) is 2.64. The largest absolute Gasteiger partial charge is 0.409 e. The van der Waals surface area contributed by atoms with Crippen LogP contribution in [0.5, 0.6) is 0 Å². The normalized spacial score (nSPS) is 19.2. The van der Waals surface area contributed by atoms with Crippen molar-refractivity contribution in [1.82, 2.24) is 10.3 Å². The Morgan fingerprint density at radius 1 is 1.59 bits per heavy atom. The number of nitrogens with two attached hydrogens (primary N) is 1. The van der Waals surface area contributed by atoms with Crippen molar-refractivity contribution in [3.63, 3.8) is 0 Å². The summed E-state index contributed by atoms with van der Waals surface area (Å²) >= 11 is 1.27. The van der Waals surface area contributed by atoms with Gasteiger partial charge in [-0.25, -0.2) is 0 Å². The van der Waals surface area contributed by atoms with Gasteiger partial charge in [-0.1, -0.05) is 18.0 Å². The number of rotatable bonds is 3. The van der Waals surface area contributed by atoms with Crippen LogP contribution in [-0.2, 0) is 0 Å². The molecule has 0 unspecified atom stereocenters. The summed E-state index contributed by atoms with van der Waals surface area (Å²) in [5.41, 5.74) is 6.59. The number of hydrogen-bond acceptors (Lipinski definition) is 5. The molecule has 0 spiro atoms. The Kier molecular flexibility index (Phi) is 3.28. The van der Waals surface area contributed by atoms with Gasteiger partial charge in [-0.05, 0) is 12.8 Å². The topological polar surface area (TPSA) is 101 Å². The summed E-state index contributed by atoms with van der Waals surface area (Å²) in [6, 6.07) is 0. The minimum atomic E-state index is -0.699. The van der Waals surface area contributed by atoms with Gasteiger partial charge in [0, 0.05) is 0 Å². The molecular formula is C10H14N4O2S. The van der Waals surface area contributed by atoms with Crippen LogP contribution in [0, 0.1) is 0 Å². The lowest BCUT2D eigenvalue weighted by Crippen LogP contribution is -2.55. The van der Waals surface area contributed by atoms with Gasteiger partial charge < -0.3 is 16.3 Å². The van der Waals surface area contributed by atoms with E-state index in [4.69, 9.17) is 10.9 Å². The zero-order valence-electron chi connectivity index (χ0n) is 9.22. The van der Waals surface area contributed by atoms with Gasteiger partial charge in [-0.3, -0.25) is 9.78 Å². The van der Waals surface area contributed by atoms with E-state index in [0.717, 1.165) is 12.8 Å². The van der Waals surface area contributed by atoms with E-state index >= 15 is 0 Å². The van der Waals surface area contributed by atoms with Crippen molar-refractivity contribution >= 4 is 23.1 Å². The molecule has 1 aromatic heterocycles. The average molecular weight is 254 g/mol. The number of carbonyl (C=O) groups excluding carboxylic acids is 1. The van der Waals surface area contributed by atoms with Crippen molar-refractivity contribution in [3.8, 4) is 0 Å². The minimum Gasteiger partial charge on any atom is -0.409 e. The average Bonchev–Trinajstić information content (AvgIpc) is 2.99. The summed E-state index contributed by atoms with van der Waals surface area (Å²) in [6.45, 7) is 0. The molecular weight excluding hydrogens is 240 g/mol. The second-order valence-corrected chi connectivity index (χ2v) is 4.98. The predicted octanol–water partition coefficient (Wildman–Crippen LogP) is 0.932. The lowest BCUT2D eigenvalue weighted by atomic mass is 9.96. The molecule has 17 heavy (non-hydrogen) atoms. The Hall–Kier alpha value is -1.63. The maximum Gasteiger partial charge on any atom is 0.263 e. The number of aromatic nitrogens is 1. The molecule has 0 atom stereocenters. The van der Waals surface area contributed by atoms with Crippen LogP contribution in [0.15, 0.2) is 16.9 Å². The van der Waals surface area contributed by atoms with Crippen LogP contribution in [0.4, 0.5) is 0 Å². The van der Waals surface area contributed by atoms with Crippen molar-refractivity contribution in [2.45, 2.75) is 31.2 Å². The molecule has 1 heterocycles. The van der Waals surface area contributed by atoms with E-state index in [9.17, 15) is 4.79 Å². The monoisotopic (exact) mass is 254 g/mol. The van der Waals surface area contributed by atoms with Crippen LogP contribution in [0.2, 0.25) is 0 Å². The summed E-state index contributed by atoms with van der Waals surface area (Å²) in [5, 5.41) is 14.7. The number of amidine groups is 1. The van der Waals surface area contributed by atoms with Gasteiger partial charge in [0.2, 0.25) is 0 Å². The van der Waals surface area contributed by atoms with Crippen LogP contribution >= 0.6 is 11.3 Å². The van der Waals surface area contributed by atoms with Crippen molar-refractivity contribution in [3.05, 3.63) is 16.6 Å². The van der Waals surface area contributed by atoms with Gasteiger partial charge in [0.1, 0.15) is 10.4 Å². The molecule has 0 bridgehead atoms. The molecule has 1 amide bonds. The molecule has 0 radical (unpaired) electrons. The fraction of sp³-hybridized carbons (Fsp3) is 0.500. The Balaban J connectivity index is 2.17. The van der Waals surface area contributed by atoms with Crippen molar-refractivity contribution in [2.24, 2.45) is 10.9 Å². The summed E-state index contributed by atoms with van der Waals surface area (Å²) in [7, 11) is 0. The third-order valence-corrected chi connectivity index (χ3v) is 3.84. The zero-order valence-corrected chi connectivity index (χ0v) is 10.0. The van der Waals surface area contributed by atoms with Gasteiger partial charge in [-0.15, -0.1) is 11.3 Å². The van der Waals surface area contributed by atoms with Crippen LogP contribution < -0.4 is 11.1 Å². The molecule has 1 aliphatic rings. The summed E-state index contributed by atoms with van der Waals surface area (Å²) in [4.78, 5) is 16.3. The summed E-state index contributed by atoms with van der Waals surface area (Å²) in [6.07, 6.45) is 4.83. The van der Waals surface area contributed by atoms with Crippen LogP contribution in [0.25, 0.3) is 0 Å². The molecule has 4 N–H and O–H groups in total. The molecule has 0 saturated heterocycles. The first-order chi connectivity index (χ1) is 8.18. The Labute approximate surface area is 103 Å². The zero-order chi connectivity index (χ0) is 12.3. The molecule has 1 saturated carbocycles. The third-order valence-electron chi connectivity index (χ3n) is 3.06. The van der Waals surface area contributed by atoms with Crippen LogP contribution in [0.3, 0.4) is 0 Å². The summed E-state index contributed by atoms with van der Waals surface area (Å²) in [5.74, 6) is -0.145. The molecule has 0 aromatic carbocycles. The quantitative estimate of drug-likeness (QED) is 0.323. The Bertz CT molecular complexity index is 424. The van der Waals surface area contributed by atoms with E-state index in [1.54, 1.807) is 5.51 Å². The van der Waals surface area contributed by atoms with Crippen molar-refractivity contribution in [2.75, 3.05) is 0 Å². The summed E-state index contributed by atoms with van der Waals surface area (Å²) < 4.78 is 0. The second-order valence-electron chi connectivity index (χ2n) is 4.09. The molecule has 7 heteroatoms. The Morgan fingerprint density at radius 3 is 2.82 bits per heavy atom. The minimum absolute atomic E-state index is 0.0767. The highest BCUT2D eigenvalue weighted by Crippen LogP contribution is 2.30. The maximum absolute atomic E-state index is 12.0. The Morgan fingerprint density at radius 2 is 2.29 bits per heavy atom. The SMILES string of the molecule is NC(=NO)C1(NC(=O)c2cncs2)CCCC1. The van der Waals surface area contributed by atoms with E-state index in [1.807, 2.05) is 0 Å². The van der Waals surface area contributed by atoms with Crippen molar-refractivity contribution < 1.29 is 10.0 Å². The second kappa shape index (κ2) is 4.70.